The van der Waals surface area contributed by atoms with Crippen LogP contribution in [0.1, 0.15) is 17.4 Å². The van der Waals surface area contributed by atoms with E-state index in [2.05, 4.69) is 15.3 Å². The second-order valence-electron chi connectivity index (χ2n) is 4.59. The molecule has 0 atom stereocenters. The number of fused-ring (bicyclic) bond motifs is 1. The Morgan fingerprint density at radius 3 is 2.73 bits per heavy atom. The fourth-order valence-corrected chi connectivity index (χ4v) is 2.57. The van der Waals surface area contributed by atoms with Crippen molar-refractivity contribution in [3.05, 3.63) is 52.3 Å². The van der Waals surface area contributed by atoms with Crippen LogP contribution in [0.5, 0.6) is 0 Å². The van der Waals surface area contributed by atoms with E-state index in [1.165, 1.54) is 12.1 Å². The third-order valence-electron chi connectivity index (χ3n) is 3.22. The Labute approximate surface area is 136 Å². The van der Waals surface area contributed by atoms with Crippen LogP contribution >= 0.6 is 23.2 Å². The molecule has 7 heteroatoms. The summed E-state index contributed by atoms with van der Waals surface area (Å²) in [5.74, 6) is 0.00375. The molecule has 0 radical (unpaired) electrons. The molecule has 0 aliphatic rings. The molecule has 1 N–H and O–H groups in total. The molecule has 3 rings (SSSR count). The molecule has 0 aliphatic heterocycles. The van der Waals surface area contributed by atoms with E-state index in [1.807, 2.05) is 35.8 Å². The molecule has 0 saturated carbocycles. The highest BCUT2D eigenvalue weighted by atomic mass is 35.5. The van der Waals surface area contributed by atoms with E-state index in [9.17, 15) is 4.79 Å². The number of amides is 1. The number of aryl methyl sites for hydroxylation is 1. The maximum Gasteiger partial charge on any atom is 0.278 e. The summed E-state index contributed by atoms with van der Waals surface area (Å²) in [7, 11) is 0. The number of pyridine rings is 1. The fraction of sp³-hybridized carbons (Fsp3) is 0.133. The standard InChI is InChI=1S/C15H12Cl2N4O/c1-2-21-11-6-4-3-5-10(11)18-15(21)20-14(22)13-9(16)7-8-12(17)19-13/h3-8H,2H2,1H3,(H,18,20,22). The first kappa shape index (κ1) is 14.8. The minimum atomic E-state index is -0.447. The molecule has 3 aromatic rings. The van der Waals surface area contributed by atoms with Crippen LogP contribution < -0.4 is 5.32 Å². The Kier molecular flexibility index (Phi) is 4.00. The monoisotopic (exact) mass is 334 g/mol. The molecule has 1 amide bonds. The van der Waals surface area contributed by atoms with Crippen molar-refractivity contribution in [2.24, 2.45) is 0 Å². The first-order valence-electron chi connectivity index (χ1n) is 6.69. The predicted octanol–water partition coefficient (Wildman–Crippen LogP) is 4.01. The largest absolute Gasteiger partial charge is 0.310 e. The third-order valence-corrected chi connectivity index (χ3v) is 3.74. The highest BCUT2D eigenvalue weighted by Gasteiger charge is 2.17. The SMILES string of the molecule is CCn1c(NC(=O)c2nc(Cl)ccc2Cl)nc2ccccc21. The molecule has 5 nitrogen and oxygen atoms in total. The third kappa shape index (κ3) is 2.65. The lowest BCUT2D eigenvalue weighted by Gasteiger charge is -2.08. The molecular weight excluding hydrogens is 323 g/mol. The second-order valence-corrected chi connectivity index (χ2v) is 5.38. The molecular formula is C15H12Cl2N4O. The minimum Gasteiger partial charge on any atom is -0.310 e. The number of rotatable bonds is 3. The fourth-order valence-electron chi connectivity index (χ4n) is 2.23. The second kappa shape index (κ2) is 5.94. The van der Waals surface area contributed by atoms with Gasteiger partial charge in [0.05, 0.1) is 16.1 Å². The number of halogens is 2. The zero-order chi connectivity index (χ0) is 15.7. The normalized spacial score (nSPS) is 10.9. The van der Waals surface area contributed by atoms with Gasteiger partial charge in [0.1, 0.15) is 10.8 Å². The van der Waals surface area contributed by atoms with E-state index in [4.69, 9.17) is 23.2 Å². The van der Waals surface area contributed by atoms with E-state index in [1.54, 1.807) is 0 Å². The van der Waals surface area contributed by atoms with Gasteiger partial charge in [0.2, 0.25) is 5.95 Å². The van der Waals surface area contributed by atoms with Gasteiger partial charge in [-0.1, -0.05) is 35.3 Å². The van der Waals surface area contributed by atoms with Crippen molar-refractivity contribution >= 4 is 46.1 Å². The molecule has 0 aliphatic carbocycles. The molecule has 112 valence electrons. The number of imidazole rings is 1. The lowest BCUT2D eigenvalue weighted by Crippen LogP contribution is -2.17. The zero-order valence-corrected chi connectivity index (χ0v) is 13.2. The van der Waals surface area contributed by atoms with Crippen LogP contribution in [0.2, 0.25) is 10.2 Å². The summed E-state index contributed by atoms with van der Waals surface area (Å²) in [6.45, 7) is 2.65. The number of hydrogen-bond donors (Lipinski definition) is 1. The van der Waals surface area contributed by atoms with Gasteiger partial charge in [0, 0.05) is 6.54 Å². The van der Waals surface area contributed by atoms with Crippen molar-refractivity contribution < 1.29 is 4.79 Å². The predicted molar refractivity (Wildman–Crippen MR) is 87.6 cm³/mol. The molecule has 1 aromatic carbocycles. The highest BCUT2D eigenvalue weighted by molar-refractivity contribution is 6.35. The van der Waals surface area contributed by atoms with Gasteiger partial charge in [-0.3, -0.25) is 10.1 Å². The molecule has 0 saturated heterocycles. The maximum atomic E-state index is 12.4. The molecule has 0 fully saturated rings. The topological polar surface area (TPSA) is 59.8 Å². The van der Waals surface area contributed by atoms with Crippen molar-refractivity contribution in [1.29, 1.82) is 0 Å². The van der Waals surface area contributed by atoms with Gasteiger partial charge in [-0.25, -0.2) is 9.97 Å². The average molecular weight is 335 g/mol. The summed E-state index contributed by atoms with van der Waals surface area (Å²) in [6, 6.07) is 10.7. The van der Waals surface area contributed by atoms with Gasteiger partial charge in [-0.05, 0) is 31.2 Å². The number of benzene rings is 1. The van der Waals surface area contributed by atoms with Gasteiger partial charge in [0.15, 0.2) is 0 Å². The Hall–Kier alpha value is -2.11. The maximum absolute atomic E-state index is 12.4. The van der Waals surface area contributed by atoms with Crippen LogP contribution in [-0.2, 0) is 6.54 Å². The smallest absolute Gasteiger partial charge is 0.278 e. The van der Waals surface area contributed by atoms with Crippen LogP contribution in [0.15, 0.2) is 36.4 Å². The molecule has 2 heterocycles. The van der Waals surface area contributed by atoms with Gasteiger partial charge in [-0.2, -0.15) is 0 Å². The Morgan fingerprint density at radius 1 is 1.18 bits per heavy atom. The van der Waals surface area contributed by atoms with Crippen LogP contribution in [0.4, 0.5) is 5.95 Å². The first-order chi connectivity index (χ1) is 10.6. The van der Waals surface area contributed by atoms with Crippen LogP contribution in [0, 0.1) is 0 Å². The van der Waals surface area contributed by atoms with Gasteiger partial charge < -0.3 is 4.57 Å². The number of hydrogen-bond acceptors (Lipinski definition) is 3. The lowest BCUT2D eigenvalue weighted by atomic mass is 10.3. The summed E-state index contributed by atoms with van der Waals surface area (Å²) < 4.78 is 1.91. The summed E-state index contributed by atoms with van der Waals surface area (Å²) >= 11 is 11.8. The van der Waals surface area contributed by atoms with Crippen LogP contribution in [0.25, 0.3) is 11.0 Å². The summed E-state index contributed by atoms with van der Waals surface area (Å²) in [5.41, 5.74) is 1.83. The Morgan fingerprint density at radius 2 is 1.95 bits per heavy atom. The van der Waals surface area contributed by atoms with E-state index in [0.717, 1.165) is 11.0 Å². The number of anilines is 1. The van der Waals surface area contributed by atoms with E-state index in [-0.39, 0.29) is 15.9 Å². The minimum absolute atomic E-state index is 0.0730. The van der Waals surface area contributed by atoms with Crippen molar-refractivity contribution in [2.45, 2.75) is 13.5 Å². The Balaban J connectivity index is 1.99. The first-order valence-corrected chi connectivity index (χ1v) is 7.44. The molecule has 22 heavy (non-hydrogen) atoms. The number of para-hydroxylation sites is 2. The van der Waals surface area contributed by atoms with Crippen molar-refractivity contribution in [3.8, 4) is 0 Å². The van der Waals surface area contributed by atoms with E-state index in [0.29, 0.717) is 12.5 Å². The molecule has 0 spiro atoms. The van der Waals surface area contributed by atoms with Crippen molar-refractivity contribution in [3.63, 3.8) is 0 Å². The average Bonchev–Trinajstić information content (AvgIpc) is 2.86. The number of aromatic nitrogens is 3. The number of carbonyl (C=O) groups is 1. The van der Waals surface area contributed by atoms with Crippen molar-refractivity contribution in [2.75, 3.05) is 5.32 Å². The van der Waals surface area contributed by atoms with Crippen LogP contribution in [0.3, 0.4) is 0 Å². The zero-order valence-electron chi connectivity index (χ0n) is 11.7. The number of nitrogens with zero attached hydrogens (tertiary/aromatic N) is 3. The molecule has 0 unspecified atom stereocenters. The molecule has 2 aromatic heterocycles. The summed E-state index contributed by atoms with van der Waals surface area (Å²) in [5, 5.41) is 3.19. The van der Waals surface area contributed by atoms with Crippen molar-refractivity contribution in [1.82, 2.24) is 14.5 Å². The quantitative estimate of drug-likeness (QED) is 0.736. The van der Waals surface area contributed by atoms with Gasteiger partial charge >= 0.3 is 0 Å². The summed E-state index contributed by atoms with van der Waals surface area (Å²) in [6.07, 6.45) is 0. The van der Waals surface area contributed by atoms with Crippen LogP contribution in [-0.4, -0.2) is 20.4 Å². The number of nitrogens with one attached hydrogen (secondary N) is 1. The molecule has 0 bridgehead atoms. The van der Waals surface area contributed by atoms with E-state index < -0.39 is 5.91 Å². The number of carbonyl (C=O) groups excluding carboxylic acids is 1. The van der Waals surface area contributed by atoms with Gasteiger partial charge in [-0.15, -0.1) is 0 Å². The highest BCUT2D eigenvalue weighted by Crippen LogP contribution is 2.22. The van der Waals surface area contributed by atoms with Gasteiger partial charge in [0.25, 0.3) is 5.91 Å². The van der Waals surface area contributed by atoms with E-state index >= 15 is 0 Å². The summed E-state index contributed by atoms with van der Waals surface area (Å²) in [4.78, 5) is 20.8. The lowest BCUT2D eigenvalue weighted by molar-refractivity contribution is 0.102. The Bertz CT molecular complexity index is 860.